The van der Waals surface area contributed by atoms with Crippen molar-refractivity contribution < 1.29 is 0 Å². The molecule has 0 bridgehead atoms. The minimum absolute atomic E-state index is 1.09. The van der Waals surface area contributed by atoms with Crippen molar-refractivity contribution in [2.24, 2.45) is 0 Å². The van der Waals surface area contributed by atoms with Crippen LogP contribution < -0.4 is 4.90 Å². The maximum absolute atomic E-state index is 3.63. The molecule has 0 atom stereocenters. The normalized spacial score (nSPS) is 12.0. The van der Waals surface area contributed by atoms with E-state index in [9.17, 15) is 0 Å². The lowest BCUT2D eigenvalue weighted by atomic mass is 9.89. The minimum atomic E-state index is 1.09. The number of halogens is 1. The lowest BCUT2D eigenvalue weighted by Crippen LogP contribution is -2.15. The predicted molar refractivity (Wildman–Crippen MR) is 156 cm³/mol. The first-order valence-corrected chi connectivity index (χ1v) is 12.9. The fraction of sp³-hybridized carbons (Fsp3) is 0. The molecule has 1 nitrogen and oxygen atoms in total. The molecule has 1 aliphatic heterocycles. The van der Waals surface area contributed by atoms with Gasteiger partial charge in [-0.15, -0.1) is 0 Å². The van der Waals surface area contributed by atoms with Gasteiger partial charge in [-0.25, -0.2) is 0 Å². The Morgan fingerprint density at radius 2 is 1.11 bits per heavy atom. The first-order chi connectivity index (χ1) is 17.8. The van der Waals surface area contributed by atoms with E-state index in [2.05, 4.69) is 154 Å². The third-order valence-electron chi connectivity index (χ3n) is 7.04. The van der Waals surface area contributed by atoms with E-state index >= 15 is 0 Å². The molecule has 6 aromatic carbocycles. The van der Waals surface area contributed by atoms with Crippen molar-refractivity contribution in [1.82, 2.24) is 0 Å². The first kappa shape index (κ1) is 21.2. The Balaban J connectivity index is 1.44. The van der Waals surface area contributed by atoms with E-state index in [0.717, 1.165) is 10.2 Å². The maximum atomic E-state index is 3.63. The molecule has 1 aliphatic rings. The molecule has 0 fully saturated rings. The van der Waals surface area contributed by atoms with Crippen molar-refractivity contribution in [3.63, 3.8) is 0 Å². The Labute approximate surface area is 219 Å². The van der Waals surface area contributed by atoms with Crippen molar-refractivity contribution >= 4 is 43.8 Å². The van der Waals surface area contributed by atoms with Gasteiger partial charge in [-0.05, 0) is 75.7 Å². The molecule has 0 aromatic heterocycles. The number of fused-ring (bicyclic) bond motifs is 2. The highest BCUT2D eigenvalue weighted by molar-refractivity contribution is 9.10. The van der Waals surface area contributed by atoms with Gasteiger partial charge in [0, 0.05) is 21.1 Å². The van der Waals surface area contributed by atoms with Crippen LogP contribution in [0.1, 0.15) is 0 Å². The Kier molecular flexibility index (Phi) is 5.00. The molecule has 0 saturated heterocycles. The summed E-state index contributed by atoms with van der Waals surface area (Å²) in [4.78, 5) is 2.41. The molecular formula is C34H22BrN. The van der Waals surface area contributed by atoms with Gasteiger partial charge in [-0.1, -0.05) is 107 Å². The predicted octanol–water partition coefficient (Wildman–Crippen LogP) is 10.4. The molecule has 6 aromatic rings. The second-order valence-electron chi connectivity index (χ2n) is 9.17. The average molecular weight is 524 g/mol. The summed E-state index contributed by atoms with van der Waals surface area (Å²) in [6.07, 6.45) is 0. The number of hydrogen-bond donors (Lipinski definition) is 0. The van der Waals surface area contributed by atoms with Crippen molar-refractivity contribution in [3.8, 4) is 33.4 Å². The second kappa shape index (κ2) is 8.51. The lowest BCUT2D eigenvalue weighted by Gasteiger charge is -2.34. The SMILES string of the molecule is Brc1cccc(-c2ccc3c(c2)-c2cccc4cccc(c24)N3c2ccc(-c3ccccc3)cc2)c1. The Morgan fingerprint density at radius 3 is 1.92 bits per heavy atom. The molecule has 0 aliphatic carbocycles. The van der Waals surface area contributed by atoms with E-state index in [4.69, 9.17) is 0 Å². The Bertz CT molecular complexity index is 1730. The molecule has 0 spiro atoms. The highest BCUT2D eigenvalue weighted by Gasteiger charge is 2.26. The van der Waals surface area contributed by atoms with E-state index in [0.29, 0.717) is 0 Å². The zero-order chi connectivity index (χ0) is 24.1. The number of hydrogen-bond acceptors (Lipinski definition) is 1. The van der Waals surface area contributed by atoms with Crippen molar-refractivity contribution in [3.05, 3.63) is 138 Å². The van der Waals surface area contributed by atoms with Gasteiger partial charge in [0.2, 0.25) is 0 Å². The van der Waals surface area contributed by atoms with Gasteiger partial charge in [0.15, 0.2) is 0 Å². The monoisotopic (exact) mass is 523 g/mol. The molecule has 1 heterocycles. The van der Waals surface area contributed by atoms with Crippen molar-refractivity contribution in [2.45, 2.75) is 0 Å². The first-order valence-electron chi connectivity index (χ1n) is 12.1. The second-order valence-corrected chi connectivity index (χ2v) is 10.1. The highest BCUT2D eigenvalue weighted by atomic mass is 79.9. The molecule has 36 heavy (non-hydrogen) atoms. The number of benzene rings is 6. The summed E-state index contributed by atoms with van der Waals surface area (Å²) < 4.78 is 1.09. The summed E-state index contributed by atoms with van der Waals surface area (Å²) in [5, 5.41) is 2.56. The molecule has 7 rings (SSSR count). The largest absolute Gasteiger partial charge is 0.309 e. The molecule has 0 radical (unpaired) electrons. The van der Waals surface area contributed by atoms with Crippen LogP contribution in [0.25, 0.3) is 44.2 Å². The summed E-state index contributed by atoms with van der Waals surface area (Å²) in [5.74, 6) is 0. The molecule has 0 unspecified atom stereocenters. The van der Waals surface area contributed by atoms with Gasteiger partial charge >= 0.3 is 0 Å². The van der Waals surface area contributed by atoms with Crippen LogP contribution in [0.3, 0.4) is 0 Å². The van der Waals surface area contributed by atoms with Gasteiger partial charge in [0.1, 0.15) is 0 Å². The van der Waals surface area contributed by atoms with Crippen LogP contribution in [-0.4, -0.2) is 0 Å². The molecule has 170 valence electrons. The van der Waals surface area contributed by atoms with Gasteiger partial charge in [0.05, 0.1) is 11.4 Å². The number of nitrogens with zero attached hydrogens (tertiary/aromatic N) is 1. The van der Waals surface area contributed by atoms with Crippen LogP contribution >= 0.6 is 15.9 Å². The summed E-state index contributed by atoms with van der Waals surface area (Å²) in [6.45, 7) is 0. The lowest BCUT2D eigenvalue weighted by molar-refractivity contribution is 1.28. The third kappa shape index (κ3) is 3.45. The zero-order valence-electron chi connectivity index (χ0n) is 19.5. The Morgan fingerprint density at radius 1 is 0.444 bits per heavy atom. The highest BCUT2D eigenvalue weighted by Crippen LogP contribution is 2.51. The number of rotatable bonds is 3. The molecule has 2 heteroatoms. The topological polar surface area (TPSA) is 3.24 Å². The molecule has 0 saturated carbocycles. The van der Waals surface area contributed by atoms with Crippen LogP contribution in [0.15, 0.2) is 138 Å². The average Bonchev–Trinajstić information content (AvgIpc) is 2.94. The number of anilines is 3. The van der Waals surface area contributed by atoms with Gasteiger partial charge in [0.25, 0.3) is 0 Å². The summed E-state index contributed by atoms with van der Waals surface area (Å²) >= 11 is 3.63. The van der Waals surface area contributed by atoms with Gasteiger partial charge in [-0.3, -0.25) is 0 Å². The zero-order valence-corrected chi connectivity index (χ0v) is 21.1. The fourth-order valence-electron chi connectivity index (χ4n) is 5.37. The smallest absolute Gasteiger partial charge is 0.0546 e. The van der Waals surface area contributed by atoms with Crippen LogP contribution in [0, 0.1) is 0 Å². The van der Waals surface area contributed by atoms with E-state index in [-0.39, 0.29) is 0 Å². The minimum Gasteiger partial charge on any atom is -0.309 e. The molecule has 0 N–H and O–H groups in total. The van der Waals surface area contributed by atoms with E-state index in [1.54, 1.807) is 0 Å². The standard InChI is InChI=1S/C34H22BrN/c35-28-12-4-11-26(21-28)27-17-20-32-31(22-27)30-13-5-9-25-10-6-14-33(34(25)30)36(32)29-18-15-24(16-19-29)23-7-2-1-3-8-23/h1-22H. The quantitative estimate of drug-likeness (QED) is 0.222. The summed E-state index contributed by atoms with van der Waals surface area (Å²) in [6, 6.07) is 48.1. The molecule has 0 amide bonds. The van der Waals surface area contributed by atoms with Gasteiger partial charge in [-0.2, -0.15) is 0 Å². The summed E-state index contributed by atoms with van der Waals surface area (Å²) in [5.41, 5.74) is 11.0. The maximum Gasteiger partial charge on any atom is 0.0546 e. The van der Waals surface area contributed by atoms with E-state index in [1.165, 1.54) is 55.5 Å². The fourth-order valence-corrected chi connectivity index (χ4v) is 5.77. The van der Waals surface area contributed by atoms with Crippen molar-refractivity contribution in [2.75, 3.05) is 4.90 Å². The van der Waals surface area contributed by atoms with E-state index in [1.807, 2.05) is 0 Å². The van der Waals surface area contributed by atoms with Crippen LogP contribution in [-0.2, 0) is 0 Å². The van der Waals surface area contributed by atoms with E-state index < -0.39 is 0 Å². The van der Waals surface area contributed by atoms with Crippen molar-refractivity contribution in [1.29, 1.82) is 0 Å². The molecular weight excluding hydrogens is 502 g/mol. The third-order valence-corrected chi connectivity index (χ3v) is 7.54. The van der Waals surface area contributed by atoms with Crippen LogP contribution in [0.2, 0.25) is 0 Å². The Hall–Kier alpha value is -4.14. The van der Waals surface area contributed by atoms with Gasteiger partial charge < -0.3 is 4.90 Å². The van der Waals surface area contributed by atoms with Crippen LogP contribution in [0.5, 0.6) is 0 Å². The van der Waals surface area contributed by atoms with Crippen LogP contribution in [0.4, 0.5) is 17.1 Å². The summed E-state index contributed by atoms with van der Waals surface area (Å²) in [7, 11) is 0.